The maximum Gasteiger partial charge on any atom is 0.350 e. The first-order chi connectivity index (χ1) is 13.3. The van der Waals surface area contributed by atoms with E-state index in [1.807, 2.05) is 0 Å². The first kappa shape index (κ1) is 18.3. The number of aryl methyl sites for hydroxylation is 2. The summed E-state index contributed by atoms with van der Waals surface area (Å²) in [5, 5.41) is 0. The largest absolute Gasteiger partial charge is 0.466 e. The van der Waals surface area contributed by atoms with Crippen LogP contribution in [0, 0.1) is 19.8 Å². The Kier molecular flexibility index (Phi) is 4.49. The smallest absolute Gasteiger partial charge is 0.350 e. The Labute approximate surface area is 161 Å². The van der Waals surface area contributed by atoms with Gasteiger partial charge in [-0.25, -0.2) is 9.18 Å². The molecular weight excluding hydrogens is 365 g/mol. The summed E-state index contributed by atoms with van der Waals surface area (Å²) in [6.45, 7) is 4.36. The SMILES string of the molecule is Cc1cc(C(=O)N2CCC(N3C(=O)N=C4C=CC(F)=CC4C3=O)CC2)c(C)o1. The second-order valence-electron chi connectivity index (χ2n) is 7.24. The molecule has 146 valence electrons. The van der Waals surface area contributed by atoms with Gasteiger partial charge in [0.2, 0.25) is 5.91 Å². The molecule has 0 radical (unpaired) electrons. The number of nitrogens with zero attached hydrogens (tertiary/aromatic N) is 3. The minimum atomic E-state index is -0.862. The van der Waals surface area contributed by atoms with Crippen LogP contribution in [0.4, 0.5) is 9.18 Å². The highest BCUT2D eigenvalue weighted by Gasteiger charge is 2.41. The molecule has 0 aromatic carbocycles. The fourth-order valence-corrected chi connectivity index (χ4v) is 3.96. The number of hydrogen-bond acceptors (Lipinski definition) is 4. The van der Waals surface area contributed by atoms with Crippen molar-refractivity contribution >= 4 is 23.6 Å². The van der Waals surface area contributed by atoms with Crippen LogP contribution in [0.5, 0.6) is 0 Å². The van der Waals surface area contributed by atoms with E-state index in [9.17, 15) is 18.8 Å². The molecule has 3 aliphatic rings. The lowest BCUT2D eigenvalue weighted by Gasteiger charge is -2.39. The number of hydrogen-bond donors (Lipinski definition) is 0. The Morgan fingerprint density at radius 2 is 1.93 bits per heavy atom. The number of furan rings is 1. The van der Waals surface area contributed by atoms with Crippen LogP contribution in [0.1, 0.15) is 34.7 Å². The van der Waals surface area contributed by atoms with Crippen LogP contribution >= 0.6 is 0 Å². The van der Waals surface area contributed by atoms with E-state index >= 15 is 0 Å². The number of carbonyl (C=O) groups excluding carboxylic acids is 3. The molecule has 0 bridgehead atoms. The first-order valence-corrected chi connectivity index (χ1v) is 9.22. The van der Waals surface area contributed by atoms with Gasteiger partial charge in [-0.1, -0.05) is 0 Å². The van der Waals surface area contributed by atoms with Gasteiger partial charge in [0.1, 0.15) is 23.3 Å². The average molecular weight is 385 g/mol. The number of halogens is 1. The summed E-state index contributed by atoms with van der Waals surface area (Å²) in [4.78, 5) is 44.7. The highest BCUT2D eigenvalue weighted by atomic mass is 19.1. The van der Waals surface area contributed by atoms with Crippen molar-refractivity contribution in [1.29, 1.82) is 0 Å². The van der Waals surface area contributed by atoms with Gasteiger partial charge in [-0.3, -0.25) is 14.5 Å². The van der Waals surface area contributed by atoms with E-state index in [-0.39, 0.29) is 17.7 Å². The lowest BCUT2D eigenvalue weighted by molar-refractivity contribution is -0.131. The van der Waals surface area contributed by atoms with Gasteiger partial charge in [0.05, 0.1) is 11.3 Å². The van der Waals surface area contributed by atoms with Gasteiger partial charge in [0.25, 0.3) is 5.91 Å². The van der Waals surface area contributed by atoms with Crippen molar-refractivity contribution in [1.82, 2.24) is 9.80 Å². The lowest BCUT2D eigenvalue weighted by Crippen LogP contribution is -2.54. The van der Waals surface area contributed by atoms with Crippen molar-refractivity contribution in [2.45, 2.75) is 32.7 Å². The van der Waals surface area contributed by atoms with Crippen LogP contribution in [-0.4, -0.2) is 52.5 Å². The zero-order chi connectivity index (χ0) is 20.0. The van der Waals surface area contributed by atoms with Gasteiger partial charge < -0.3 is 9.32 Å². The van der Waals surface area contributed by atoms with E-state index in [4.69, 9.17) is 4.42 Å². The summed E-state index contributed by atoms with van der Waals surface area (Å²) in [6.07, 6.45) is 4.65. The Balaban J connectivity index is 1.47. The van der Waals surface area contributed by atoms with Crippen LogP contribution in [0.2, 0.25) is 0 Å². The summed E-state index contributed by atoms with van der Waals surface area (Å²) in [5.74, 6) is -0.702. The predicted octanol–water partition coefficient (Wildman–Crippen LogP) is 2.94. The van der Waals surface area contributed by atoms with E-state index < -0.39 is 23.7 Å². The lowest BCUT2D eigenvalue weighted by atomic mass is 9.92. The predicted molar refractivity (Wildman–Crippen MR) is 98.6 cm³/mol. The van der Waals surface area contributed by atoms with Crippen molar-refractivity contribution in [2.75, 3.05) is 13.1 Å². The quantitative estimate of drug-likeness (QED) is 0.784. The van der Waals surface area contributed by atoms with E-state index in [1.54, 1.807) is 24.8 Å². The minimum absolute atomic E-state index is 0.119. The van der Waals surface area contributed by atoms with Gasteiger partial charge in [-0.2, -0.15) is 4.99 Å². The van der Waals surface area contributed by atoms with Gasteiger partial charge in [0, 0.05) is 19.1 Å². The summed E-state index contributed by atoms with van der Waals surface area (Å²) < 4.78 is 19.0. The molecule has 0 saturated carbocycles. The van der Waals surface area contributed by atoms with Crippen LogP contribution in [0.25, 0.3) is 0 Å². The van der Waals surface area contributed by atoms with E-state index in [0.717, 1.165) is 4.90 Å². The Bertz CT molecular complexity index is 951. The summed E-state index contributed by atoms with van der Waals surface area (Å²) in [7, 11) is 0. The maximum atomic E-state index is 13.5. The molecule has 1 fully saturated rings. The van der Waals surface area contributed by atoms with Crippen molar-refractivity contribution in [3.05, 3.63) is 47.2 Å². The van der Waals surface area contributed by atoms with Gasteiger partial charge in [-0.15, -0.1) is 0 Å². The molecule has 0 spiro atoms. The average Bonchev–Trinajstić information content (AvgIpc) is 3.00. The first-order valence-electron chi connectivity index (χ1n) is 9.22. The standard InChI is InChI=1S/C20H20FN3O4/c1-11-9-15(12(2)28-11)18(25)23-7-5-14(6-8-23)24-19(26)16-10-13(21)3-4-17(16)22-20(24)27/h3-4,9-10,14,16H,5-8H2,1-2H3. The molecule has 3 heterocycles. The molecule has 0 N–H and O–H groups in total. The number of rotatable bonds is 2. The molecule has 8 heteroatoms. The molecular formula is C20H20FN3O4. The number of imide groups is 1. The summed E-state index contributed by atoms with van der Waals surface area (Å²) in [6, 6.07) is 0.737. The number of likely N-dealkylation sites (tertiary alicyclic amines) is 1. The number of urea groups is 1. The Morgan fingerprint density at radius 1 is 1.21 bits per heavy atom. The number of aliphatic imine (C=N–C) groups is 1. The Hall–Kier alpha value is -3.03. The molecule has 1 aromatic heterocycles. The summed E-state index contributed by atoms with van der Waals surface area (Å²) >= 11 is 0. The molecule has 4 amide bonds. The third-order valence-electron chi connectivity index (χ3n) is 5.38. The molecule has 1 saturated heterocycles. The zero-order valence-corrected chi connectivity index (χ0v) is 15.6. The van der Waals surface area contributed by atoms with Crippen LogP contribution in [-0.2, 0) is 4.79 Å². The zero-order valence-electron chi connectivity index (χ0n) is 15.6. The van der Waals surface area contributed by atoms with Gasteiger partial charge >= 0.3 is 6.03 Å². The van der Waals surface area contributed by atoms with E-state index in [2.05, 4.69) is 4.99 Å². The van der Waals surface area contributed by atoms with E-state index in [0.29, 0.717) is 43.0 Å². The van der Waals surface area contributed by atoms with Crippen molar-refractivity contribution in [3.8, 4) is 0 Å². The fourth-order valence-electron chi connectivity index (χ4n) is 3.96. The highest BCUT2D eigenvalue weighted by molar-refractivity contribution is 6.22. The number of amides is 4. The normalized spacial score (nSPS) is 22.9. The van der Waals surface area contributed by atoms with E-state index in [1.165, 1.54) is 18.2 Å². The molecule has 7 nitrogen and oxygen atoms in total. The van der Waals surface area contributed by atoms with Gasteiger partial charge in [-0.05, 0) is 51.0 Å². The fraction of sp³-hybridized carbons (Fsp3) is 0.400. The molecule has 28 heavy (non-hydrogen) atoms. The number of fused-ring (bicyclic) bond motifs is 1. The molecule has 1 atom stereocenters. The second-order valence-corrected chi connectivity index (χ2v) is 7.24. The van der Waals surface area contributed by atoms with Crippen molar-refractivity contribution in [2.24, 2.45) is 10.9 Å². The molecule has 4 rings (SSSR count). The summed E-state index contributed by atoms with van der Waals surface area (Å²) in [5.41, 5.74) is 0.802. The monoisotopic (exact) mass is 385 g/mol. The maximum absolute atomic E-state index is 13.5. The molecule has 1 aliphatic carbocycles. The van der Waals surface area contributed by atoms with Crippen LogP contribution in [0.15, 0.2) is 39.5 Å². The highest BCUT2D eigenvalue weighted by Crippen LogP contribution is 2.28. The third kappa shape index (κ3) is 3.08. The number of carbonyl (C=O) groups is 3. The van der Waals surface area contributed by atoms with Crippen LogP contribution in [0.3, 0.4) is 0 Å². The minimum Gasteiger partial charge on any atom is -0.466 e. The number of piperidine rings is 1. The molecule has 1 unspecified atom stereocenters. The van der Waals surface area contributed by atoms with Crippen molar-refractivity contribution in [3.63, 3.8) is 0 Å². The molecule has 2 aliphatic heterocycles. The molecule has 1 aromatic rings. The third-order valence-corrected chi connectivity index (χ3v) is 5.38. The van der Waals surface area contributed by atoms with Crippen LogP contribution < -0.4 is 0 Å². The van der Waals surface area contributed by atoms with Crippen molar-refractivity contribution < 1.29 is 23.2 Å². The number of allylic oxidation sites excluding steroid dienone is 3. The second kappa shape index (κ2) is 6.85. The van der Waals surface area contributed by atoms with Gasteiger partial charge in [0.15, 0.2) is 0 Å². The Morgan fingerprint density at radius 3 is 2.57 bits per heavy atom. The topological polar surface area (TPSA) is 83.2 Å².